The quantitative estimate of drug-likeness (QED) is 0.0980. The van der Waals surface area contributed by atoms with Gasteiger partial charge in [0.05, 0.1) is 11.8 Å². The summed E-state index contributed by atoms with van der Waals surface area (Å²) >= 11 is 0. The van der Waals surface area contributed by atoms with Gasteiger partial charge in [0, 0.05) is 11.5 Å². The van der Waals surface area contributed by atoms with Crippen LogP contribution in [0.5, 0.6) is 0 Å². The lowest BCUT2D eigenvalue weighted by atomic mass is 9.78. The molecular weight excluding hydrogens is 488 g/mol. The Morgan fingerprint density at radius 2 is 0.750 bits per heavy atom. The fourth-order valence-electron chi connectivity index (χ4n) is 4.76. The molecule has 0 aromatic heterocycles. The molecule has 0 heterocycles. The Bertz CT molecular complexity index is 516. The number of rotatable bonds is 23. The molecule has 36 heavy (non-hydrogen) atoms. The van der Waals surface area contributed by atoms with Gasteiger partial charge in [-0.1, -0.05) is 140 Å². The summed E-state index contributed by atoms with van der Waals surface area (Å²) < 4.78 is 0. The van der Waals surface area contributed by atoms with Crippen molar-refractivity contribution in [3.8, 4) is 0 Å². The monoisotopic (exact) mass is 546 g/mol. The average molecular weight is 547 g/mol. The highest BCUT2D eigenvalue weighted by atomic mass is 33.1. The molecule has 0 saturated heterocycles. The summed E-state index contributed by atoms with van der Waals surface area (Å²) in [5, 5.41) is 18.8. The van der Waals surface area contributed by atoms with E-state index in [0.717, 1.165) is 38.5 Å². The zero-order valence-corrected chi connectivity index (χ0v) is 26.0. The van der Waals surface area contributed by atoms with E-state index in [-0.39, 0.29) is 22.7 Å². The average Bonchev–Trinajstić information content (AvgIpc) is 2.74. The molecule has 2 unspecified atom stereocenters. The van der Waals surface area contributed by atoms with E-state index in [1.807, 2.05) is 63.1 Å². The number of carbonyl (C=O) groups is 2. The van der Waals surface area contributed by atoms with Gasteiger partial charge in [0.25, 0.3) is 0 Å². The van der Waals surface area contributed by atoms with E-state index in [9.17, 15) is 19.8 Å². The van der Waals surface area contributed by atoms with Gasteiger partial charge >= 0.3 is 11.9 Å². The van der Waals surface area contributed by atoms with Gasteiger partial charge in [-0.05, 0) is 36.5 Å². The van der Waals surface area contributed by atoms with Crippen molar-refractivity contribution >= 4 is 33.5 Å². The van der Waals surface area contributed by atoms with Crippen LogP contribution in [0.2, 0.25) is 0 Å². The molecule has 6 heteroatoms. The molecule has 214 valence electrons. The second-order valence-corrected chi connectivity index (χ2v) is 15.4. The molecule has 0 saturated carbocycles. The number of unbranched alkanes of at least 4 members (excludes halogenated alkanes) is 12. The third-order valence-corrected chi connectivity index (χ3v) is 9.79. The van der Waals surface area contributed by atoms with E-state index in [4.69, 9.17) is 0 Å². The predicted molar refractivity (Wildman–Crippen MR) is 160 cm³/mol. The van der Waals surface area contributed by atoms with Crippen molar-refractivity contribution in [1.82, 2.24) is 0 Å². The SMILES string of the molecule is CC(C)(C)C(CCCCCCCCCSSCCCCCCCCCC(C(=O)O)C(C)(C)C)C(=O)O. The summed E-state index contributed by atoms with van der Waals surface area (Å²) in [5.41, 5.74) is -0.298. The first-order valence-corrected chi connectivity index (χ1v) is 17.1. The molecule has 0 spiro atoms. The lowest BCUT2D eigenvalue weighted by Gasteiger charge is -2.27. The van der Waals surface area contributed by atoms with Crippen LogP contribution in [-0.2, 0) is 9.59 Å². The van der Waals surface area contributed by atoms with Crippen LogP contribution in [0, 0.1) is 22.7 Å². The largest absolute Gasteiger partial charge is 0.481 e. The molecular formula is C30H58O4S2. The fraction of sp³-hybridized carbons (Fsp3) is 0.933. The molecule has 0 rings (SSSR count). The Morgan fingerprint density at radius 3 is 1.00 bits per heavy atom. The van der Waals surface area contributed by atoms with E-state index in [1.165, 1.54) is 75.7 Å². The minimum Gasteiger partial charge on any atom is -0.481 e. The van der Waals surface area contributed by atoms with Crippen LogP contribution in [0.25, 0.3) is 0 Å². The first-order chi connectivity index (χ1) is 16.9. The van der Waals surface area contributed by atoms with E-state index >= 15 is 0 Å². The van der Waals surface area contributed by atoms with Crippen LogP contribution in [-0.4, -0.2) is 33.7 Å². The third kappa shape index (κ3) is 19.7. The van der Waals surface area contributed by atoms with Gasteiger partial charge in [0.1, 0.15) is 0 Å². The Labute approximate surface area is 231 Å². The third-order valence-electron chi connectivity index (χ3n) is 7.21. The fourth-order valence-corrected chi connectivity index (χ4v) is 7.05. The Morgan fingerprint density at radius 1 is 0.500 bits per heavy atom. The van der Waals surface area contributed by atoms with E-state index in [1.54, 1.807) is 0 Å². The van der Waals surface area contributed by atoms with Gasteiger partial charge in [0.2, 0.25) is 0 Å². The summed E-state index contributed by atoms with van der Waals surface area (Å²) in [6.07, 6.45) is 18.9. The standard InChI is InChI=1S/C30H58O4S2/c1-29(2,3)25(27(31)32)21-17-13-9-7-11-15-19-23-35-36-24-20-16-12-8-10-14-18-22-26(28(33)34)30(4,5)6/h25-26H,7-24H2,1-6H3,(H,31,32)(H,33,34). The van der Waals surface area contributed by atoms with Crippen molar-refractivity contribution in [2.45, 2.75) is 144 Å². The minimum absolute atomic E-state index is 0.149. The van der Waals surface area contributed by atoms with Crippen molar-refractivity contribution < 1.29 is 19.8 Å². The molecule has 2 N–H and O–H groups in total. The van der Waals surface area contributed by atoms with E-state index in [0.29, 0.717) is 0 Å². The van der Waals surface area contributed by atoms with Gasteiger partial charge in [-0.15, -0.1) is 0 Å². The number of hydrogen-bond acceptors (Lipinski definition) is 4. The normalized spacial score (nSPS) is 14.1. The second-order valence-electron chi connectivity index (χ2n) is 12.7. The van der Waals surface area contributed by atoms with Crippen LogP contribution in [0.4, 0.5) is 0 Å². The number of aliphatic carboxylic acids is 2. The van der Waals surface area contributed by atoms with Gasteiger partial charge < -0.3 is 10.2 Å². The van der Waals surface area contributed by atoms with Crippen LogP contribution in [0.15, 0.2) is 0 Å². The maximum atomic E-state index is 11.4. The van der Waals surface area contributed by atoms with E-state index < -0.39 is 11.9 Å². The van der Waals surface area contributed by atoms with E-state index in [2.05, 4.69) is 0 Å². The molecule has 0 fully saturated rings. The molecule has 0 bridgehead atoms. The van der Waals surface area contributed by atoms with Gasteiger partial charge in [-0.2, -0.15) is 0 Å². The Hall–Kier alpha value is -0.360. The molecule has 0 aliphatic rings. The molecule has 0 amide bonds. The molecule has 0 aliphatic heterocycles. The molecule has 0 aromatic carbocycles. The van der Waals surface area contributed by atoms with Crippen molar-refractivity contribution in [2.75, 3.05) is 11.5 Å². The van der Waals surface area contributed by atoms with Crippen molar-refractivity contribution in [1.29, 1.82) is 0 Å². The summed E-state index contributed by atoms with van der Waals surface area (Å²) in [5.74, 6) is 0.763. The molecule has 2 atom stereocenters. The molecule has 0 radical (unpaired) electrons. The zero-order valence-electron chi connectivity index (χ0n) is 24.4. The van der Waals surface area contributed by atoms with Crippen LogP contribution >= 0.6 is 21.6 Å². The number of carboxylic acids is 2. The summed E-state index contributed by atoms with van der Waals surface area (Å²) in [4.78, 5) is 22.8. The second kappa shape index (κ2) is 20.6. The number of hydrogen-bond donors (Lipinski definition) is 2. The van der Waals surface area contributed by atoms with Crippen LogP contribution in [0.3, 0.4) is 0 Å². The summed E-state index contributed by atoms with van der Waals surface area (Å²) in [7, 11) is 4.06. The first kappa shape index (κ1) is 35.6. The minimum atomic E-state index is -0.644. The maximum absolute atomic E-state index is 11.4. The number of carboxylic acid groups (broad SMARTS) is 2. The molecule has 0 aromatic rings. The molecule has 4 nitrogen and oxygen atoms in total. The van der Waals surface area contributed by atoms with Gasteiger partial charge in [-0.25, -0.2) is 0 Å². The topological polar surface area (TPSA) is 74.6 Å². The first-order valence-electron chi connectivity index (χ1n) is 14.6. The van der Waals surface area contributed by atoms with Crippen LogP contribution < -0.4 is 0 Å². The summed E-state index contributed by atoms with van der Waals surface area (Å²) in [6, 6.07) is 0. The van der Waals surface area contributed by atoms with Gasteiger partial charge in [0.15, 0.2) is 0 Å². The Kier molecular flexibility index (Phi) is 20.4. The lowest BCUT2D eigenvalue weighted by Crippen LogP contribution is -2.28. The Balaban J connectivity index is 3.39. The van der Waals surface area contributed by atoms with Crippen molar-refractivity contribution in [2.24, 2.45) is 22.7 Å². The zero-order chi connectivity index (χ0) is 27.5. The highest BCUT2D eigenvalue weighted by Gasteiger charge is 2.31. The molecule has 0 aliphatic carbocycles. The smallest absolute Gasteiger partial charge is 0.307 e. The maximum Gasteiger partial charge on any atom is 0.307 e. The highest BCUT2D eigenvalue weighted by Crippen LogP contribution is 2.32. The van der Waals surface area contributed by atoms with Crippen LogP contribution in [0.1, 0.15) is 144 Å². The van der Waals surface area contributed by atoms with Crippen molar-refractivity contribution in [3.05, 3.63) is 0 Å². The predicted octanol–water partition coefficient (Wildman–Crippen LogP) is 10.1. The van der Waals surface area contributed by atoms with Crippen molar-refractivity contribution in [3.63, 3.8) is 0 Å². The van der Waals surface area contributed by atoms with Gasteiger partial charge in [-0.3, -0.25) is 9.59 Å². The highest BCUT2D eigenvalue weighted by molar-refractivity contribution is 8.76. The lowest BCUT2D eigenvalue weighted by molar-refractivity contribution is -0.146. The summed E-state index contributed by atoms with van der Waals surface area (Å²) in [6.45, 7) is 12.2.